The Balaban J connectivity index is 1.63. The molecule has 1 amide bonds. The molecule has 1 atom stereocenters. The number of rotatable bonds is 10. The smallest absolute Gasteiger partial charge is 0.338 e. The molecule has 198 valence electrons. The second kappa shape index (κ2) is 12.1. The van der Waals surface area contributed by atoms with Crippen molar-refractivity contribution in [2.45, 2.75) is 26.0 Å². The van der Waals surface area contributed by atoms with Crippen LogP contribution in [0.4, 0.5) is 5.69 Å². The zero-order chi connectivity index (χ0) is 27.2. The van der Waals surface area contributed by atoms with E-state index in [1.54, 1.807) is 19.1 Å². The Kier molecular flexibility index (Phi) is 8.59. The van der Waals surface area contributed by atoms with E-state index in [1.807, 2.05) is 59.6 Å². The Labute approximate surface area is 225 Å². The van der Waals surface area contributed by atoms with Crippen molar-refractivity contribution in [1.82, 2.24) is 15.1 Å². The lowest BCUT2D eigenvalue weighted by molar-refractivity contribution is -0.384. The first-order valence-electron chi connectivity index (χ1n) is 12.1. The van der Waals surface area contributed by atoms with Crippen LogP contribution in [0.5, 0.6) is 0 Å². The Morgan fingerprint density at radius 1 is 1.16 bits per heavy atom. The fourth-order valence-corrected chi connectivity index (χ4v) is 5.14. The van der Waals surface area contributed by atoms with Gasteiger partial charge in [0.25, 0.3) is 5.69 Å². The number of esters is 1. The number of nitrogens with one attached hydrogen (secondary N) is 1. The van der Waals surface area contributed by atoms with Crippen LogP contribution in [-0.2, 0) is 20.9 Å². The average molecular weight is 536 g/mol. The van der Waals surface area contributed by atoms with Crippen molar-refractivity contribution >= 4 is 34.5 Å². The first-order chi connectivity index (χ1) is 18.2. The first kappa shape index (κ1) is 27.1. The molecule has 0 saturated carbocycles. The van der Waals surface area contributed by atoms with Gasteiger partial charge in [0.1, 0.15) is 6.61 Å². The highest BCUT2D eigenvalue weighted by atomic mass is 32.2. The van der Waals surface area contributed by atoms with Gasteiger partial charge in [-0.05, 0) is 49.7 Å². The molecular weight excluding hydrogens is 506 g/mol. The lowest BCUT2D eigenvalue weighted by atomic mass is 9.93. The van der Waals surface area contributed by atoms with Crippen molar-refractivity contribution in [3.05, 3.63) is 98.2 Å². The van der Waals surface area contributed by atoms with Crippen LogP contribution in [0, 0.1) is 10.1 Å². The summed E-state index contributed by atoms with van der Waals surface area (Å²) < 4.78 is 5.68. The summed E-state index contributed by atoms with van der Waals surface area (Å²) in [7, 11) is 3.86. The van der Waals surface area contributed by atoms with E-state index in [4.69, 9.17) is 4.74 Å². The zero-order valence-electron chi connectivity index (χ0n) is 21.4. The van der Waals surface area contributed by atoms with E-state index in [-0.39, 0.29) is 24.6 Å². The third kappa shape index (κ3) is 6.29. The van der Waals surface area contributed by atoms with Crippen LogP contribution >= 0.6 is 11.8 Å². The molecule has 4 rings (SSSR count). The normalized spacial score (nSPS) is 16.6. The van der Waals surface area contributed by atoms with Crippen molar-refractivity contribution < 1.29 is 19.2 Å². The van der Waals surface area contributed by atoms with E-state index in [2.05, 4.69) is 10.3 Å². The van der Waals surface area contributed by atoms with Gasteiger partial charge in [0, 0.05) is 30.9 Å². The number of thioether (sulfide) groups is 1. The number of nitrogens with zero attached hydrogens (tertiary/aromatic N) is 4. The van der Waals surface area contributed by atoms with Crippen molar-refractivity contribution in [2.75, 3.05) is 27.2 Å². The second-order valence-electron chi connectivity index (χ2n) is 9.13. The Bertz CT molecular complexity index is 1300. The number of benzene rings is 2. The number of carbonyl (C=O) groups is 2. The van der Waals surface area contributed by atoms with Gasteiger partial charge in [-0.2, -0.15) is 0 Å². The molecule has 0 saturated heterocycles. The lowest BCUT2D eigenvalue weighted by Crippen LogP contribution is -2.38. The average Bonchev–Trinajstić information content (AvgIpc) is 3.28. The van der Waals surface area contributed by atoms with Crippen molar-refractivity contribution in [3.8, 4) is 0 Å². The van der Waals surface area contributed by atoms with Gasteiger partial charge >= 0.3 is 5.97 Å². The monoisotopic (exact) mass is 535 g/mol. The molecule has 2 heterocycles. The van der Waals surface area contributed by atoms with Crippen LogP contribution in [0.3, 0.4) is 0 Å². The SMILES string of the molecule is CC1=C(C(=O)OCc2ccccc2)C(c2ccc([N+](=O)[O-])cc2)N2C(CC(=O)NCCN(C)C)=CSC2=N1. The molecule has 1 N–H and O–H groups in total. The van der Waals surface area contributed by atoms with E-state index in [9.17, 15) is 19.7 Å². The molecule has 0 aliphatic carbocycles. The predicted octanol–water partition coefficient (Wildman–Crippen LogP) is 3.98. The maximum Gasteiger partial charge on any atom is 0.338 e. The fraction of sp³-hybridized carbons (Fsp3) is 0.296. The number of nitro benzene ring substituents is 1. The Hall–Kier alpha value is -3.96. The molecule has 0 bridgehead atoms. The minimum absolute atomic E-state index is 0.0563. The molecule has 0 radical (unpaired) electrons. The number of ether oxygens (including phenoxy) is 1. The number of aliphatic imine (C=N–C) groups is 1. The highest BCUT2D eigenvalue weighted by molar-refractivity contribution is 8.16. The quantitative estimate of drug-likeness (QED) is 0.276. The summed E-state index contributed by atoms with van der Waals surface area (Å²) >= 11 is 1.37. The highest BCUT2D eigenvalue weighted by Gasteiger charge is 2.41. The first-order valence-corrected chi connectivity index (χ1v) is 12.9. The number of amides is 1. The summed E-state index contributed by atoms with van der Waals surface area (Å²) in [6, 6.07) is 14.8. The van der Waals surface area contributed by atoms with E-state index < -0.39 is 16.9 Å². The molecule has 10 nitrogen and oxygen atoms in total. The molecule has 38 heavy (non-hydrogen) atoms. The fourth-order valence-electron chi connectivity index (χ4n) is 4.17. The summed E-state index contributed by atoms with van der Waals surface area (Å²) in [5, 5.41) is 16.6. The molecular formula is C27H29N5O5S. The van der Waals surface area contributed by atoms with Crippen LogP contribution in [0.15, 0.2) is 82.0 Å². The maximum absolute atomic E-state index is 13.5. The number of hydrogen-bond acceptors (Lipinski definition) is 9. The number of carbonyl (C=O) groups excluding carboxylic acids is 2. The number of nitro groups is 1. The van der Waals surface area contributed by atoms with Gasteiger partial charge in [-0.15, -0.1) is 0 Å². The molecule has 2 aliphatic heterocycles. The minimum atomic E-state index is -0.664. The van der Waals surface area contributed by atoms with Gasteiger partial charge in [-0.1, -0.05) is 42.1 Å². The molecule has 11 heteroatoms. The summed E-state index contributed by atoms with van der Waals surface area (Å²) in [6.07, 6.45) is 0.0916. The van der Waals surface area contributed by atoms with Gasteiger partial charge < -0.3 is 19.9 Å². The Morgan fingerprint density at radius 2 is 1.87 bits per heavy atom. The van der Waals surface area contributed by atoms with Crippen molar-refractivity contribution in [2.24, 2.45) is 4.99 Å². The lowest BCUT2D eigenvalue weighted by Gasteiger charge is -2.36. The molecule has 0 aromatic heterocycles. The molecule has 1 unspecified atom stereocenters. The van der Waals surface area contributed by atoms with Crippen LogP contribution in [0.25, 0.3) is 0 Å². The number of fused-ring (bicyclic) bond motifs is 1. The summed E-state index contributed by atoms with van der Waals surface area (Å²) in [5.41, 5.74) is 2.93. The number of allylic oxidation sites excluding steroid dienone is 1. The third-order valence-electron chi connectivity index (χ3n) is 6.08. The molecule has 2 aromatic rings. The number of non-ortho nitro benzene ring substituents is 1. The summed E-state index contributed by atoms with van der Waals surface area (Å²) in [5.74, 6) is -0.689. The molecule has 2 aromatic carbocycles. The van der Waals surface area contributed by atoms with E-state index in [0.29, 0.717) is 40.8 Å². The maximum atomic E-state index is 13.5. The van der Waals surface area contributed by atoms with Gasteiger partial charge in [0.2, 0.25) is 5.91 Å². The number of likely N-dealkylation sites (N-methyl/N-ethyl adjacent to an activating group) is 1. The van der Waals surface area contributed by atoms with Crippen LogP contribution in [-0.4, -0.2) is 59.0 Å². The summed E-state index contributed by atoms with van der Waals surface area (Å²) in [4.78, 5) is 45.5. The van der Waals surface area contributed by atoms with Gasteiger partial charge in [-0.3, -0.25) is 14.9 Å². The van der Waals surface area contributed by atoms with Gasteiger partial charge in [0.05, 0.1) is 28.7 Å². The van der Waals surface area contributed by atoms with E-state index in [1.165, 1.54) is 23.9 Å². The predicted molar refractivity (Wildman–Crippen MR) is 146 cm³/mol. The van der Waals surface area contributed by atoms with Gasteiger partial charge in [0.15, 0.2) is 5.17 Å². The molecule has 0 spiro atoms. The topological polar surface area (TPSA) is 117 Å². The Morgan fingerprint density at radius 3 is 2.53 bits per heavy atom. The minimum Gasteiger partial charge on any atom is -0.457 e. The number of amidine groups is 1. The van der Waals surface area contributed by atoms with Crippen molar-refractivity contribution in [1.29, 1.82) is 0 Å². The second-order valence-corrected chi connectivity index (χ2v) is 9.97. The standard InChI is InChI=1S/C27H29N5O5S/c1-18-24(26(34)37-16-19-7-5-4-6-8-19)25(20-9-11-21(12-10-20)32(35)36)31-22(17-38-27(31)29-18)15-23(33)28-13-14-30(2)3/h4-12,17,25H,13-16H2,1-3H3,(H,28,33). The largest absolute Gasteiger partial charge is 0.457 e. The third-order valence-corrected chi connectivity index (χ3v) is 6.96. The highest BCUT2D eigenvalue weighted by Crippen LogP contribution is 2.45. The van der Waals surface area contributed by atoms with E-state index in [0.717, 1.165) is 5.56 Å². The van der Waals surface area contributed by atoms with Crippen LogP contribution in [0.1, 0.15) is 30.5 Å². The zero-order valence-corrected chi connectivity index (χ0v) is 22.2. The molecule has 0 fully saturated rings. The number of hydrogen-bond donors (Lipinski definition) is 1. The summed E-state index contributed by atoms with van der Waals surface area (Å²) in [6.45, 7) is 3.05. The van der Waals surface area contributed by atoms with Crippen LogP contribution < -0.4 is 5.32 Å². The van der Waals surface area contributed by atoms with Crippen LogP contribution in [0.2, 0.25) is 0 Å². The van der Waals surface area contributed by atoms with E-state index >= 15 is 0 Å². The molecule has 2 aliphatic rings. The van der Waals surface area contributed by atoms with Gasteiger partial charge in [-0.25, -0.2) is 9.79 Å². The van der Waals surface area contributed by atoms with Crippen molar-refractivity contribution in [3.63, 3.8) is 0 Å².